The fraction of sp³-hybridized carbons (Fsp3) is 0.282. The molecule has 2 aromatic carbocycles. The van der Waals surface area contributed by atoms with E-state index in [0.717, 1.165) is 10.8 Å². The number of carboxylic acids is 1. The van der Waals surface area contributed by atoms with Crippen LogP contribution >= 0.6 is 23.5 Å². The van der Waals surface area contributed by atoms with Gasteiger partial charge in [0.15, 0.2) is 5.43 Å². The summed E-state index contributed by atoms with van der Waals surface area (Å²) < 4.78 is 58.3. The van der Waals surface area contributed by atoms with Crippen LogP contribution < -0.4 is 27.3 Å². The smallest absolute Gasteiger partial charge is 0.490 e. The molecule has 5 atom stereocenters. The first kappa shape index (κ1) is 50.3. The number of unbranched alkanes of at least 4 members (excludes halogenated alkanes) is 2. The number of ether oxygens (including phenoxy) is 1. The lowest BCUT2D eigenvalue weighted by Gasteiger charge is -2.19. The minimum atomic E-state index is -5.80. The van der Waals surface area contributed by atoms with Gasteiger partial charge in [0.1, 0.15) is 35.0 Å². The zero-order chi connectivity index (χ0) is 48.8. The standard InChI is InChI=1S/C39H39N4O21P3/c44-23-8-11-26-30(16-23)61-31-17-24(45)9-12-27(31)35(26)25-10-7-21(15-28(25)38(50)51)36(48)41-13-3-1-2-6-33(47)40-14-4-5-22-19-43(39(52)42-37(22)49)34-18-29(46)32(62-34)20-60-66(56,57)64-67(58,59)63-65(53,54)55/h7-12,15-17,19,29,32,34,44,46H,1-3,6,13-14,18,20H2,(H,40,47)(H,41,48)(H,50,51)(H,56,57)(H,58,59)(H,42,49,52)(H2,53,54,55)/t29-,32+,34+/m0/s1. The summed E-state index contributed by atoms with van der Waals surface area (Å²) in [5, 5.41) is 36.4. The molecule has 28 heteroatoms. The topological polar surface area (TPSA) is 390 Å². The number of phosphoric ester groups is 1. The van der Waals surface area contributed by atoms with Crippen LogP contribution in [0.15, 0.2) is 79.6 Å². The fourth-order valence-corrected chi connectivity index (χ4v) is 9.82. The number of amides is 2. The highest BCUT2D eigenvalue weighted by atomic mass is 31.3. The van der Waals surface area contributed by atoms with Gasteiger partial charge in [-0.3, -0.25) is 33.3 Å². The van der Waals surface area contributed by atoms with Crippen molar-refractivity contribution in [3.63, 3.8) is 0 Å². The van der Waals surface area contributed by atoms with Crippen LogP contribution in [0.4, 0.5) is 0 Å². The molecule has 1 aliphatic carbocycles. The average Bonchev–Trinajstić information content (AvgIpc) is 3.60. The van der Waals surface area contributed by atoms with Crippen LogP contribution in [0.3, 0.4) is 0 Å². The summed E-state index contributed by atoms with van der Waals surface area (Å²) in [5.74, 6) is 2.90. The Balaban J connectivity index is 0.958. The Kier molecular flexibility index (Phi) is 15.6. The van der Waals surface area contributed by atoms with Crippen molar-refractivity contribution >= 4 is 52.2 Å². The lowest BCUT2D eigenvalue weighted by atomic mass is 9.90. The second kappa shape index (κ2) is 20.8. The van der Waals surface area contributed by atoms with Crippen LogP contribution in [-0.4, -0.2) is 94.1 Å². The number of rotatable bonds is 18. The Morgan fingerprint density at radius 3 is 2.37 bits per heavy atom. The maximum Gasteiger partial charge on any atom is 0.490 e. The normalized spacial score (nSPS) is 17.8. The highest BCUT2D eigenvalue weighted by molar-refractivity contribution is 7.66. The van der Waals surface area contributed by atoms with Gasteiger partial charge >= 0.3 is 35.1 Å². The molecule has 10 N–H and O–H groups in total. The zero-order valence-corrected chi connectivity index (χ0v) is 37.0. The first-order valence-electron chi connectivity index (χ1n) is 19.6. The third-order valence-electron chi connectivity index (χ3n) is 9.72. The number of fused-ring (bicyclic) bond motifs is 2. The number of nitrogens with one attached hydrogen (secondary N) is 3. The number of hydrogen-bond acceptors (Lipinski definition) is 16. The Morgan fingerprint density at radius 2 is 1.64 bits per heavy atom. The number of aromatic nitrogens is 2. The summed E-state index contributed by atoms with van der Waals surface area (Å²) in [7, 11) is -17.0. The third kappa shape index (κ3) is 13.3. The van der Waals surface area contributed by atoms with Gasteiger partial charge in [0, 0.05) is 59.8 Å². The van der Waals surface area contributed by atoms with Gasteiger partial charge in [-0.1, -0.05) is 24.3 Å². The van der Waals surface area contributed by atoms with Crippen LogP contribution in [0.1, 0.15) is 64.6 Å². The first-order valence-corrected chi connectivity index (χ1v) is 24.1. The maximum absolute atomic E-state index is 13.1. The number of benzene rings is 3. The van der Waals surface area contributed by atoms with Crippen LogP contribution in [0, 0.1) is 11.8 Å². The molecule has 3 aromatic rings. The van der Waals surface area contributed by atoms with Crippen LogP contribution in [-0.2, 0) is 36.4 Å². The van der Waals surface area contributed by atoms with Crippen LogP contribution in [0.2, 0.25) is 0 Å². The molecule has 3 heterocycles. The molecule has 0 radical (unpaired) electrons. The monoisotopic (exact) mass is 992 g/mol. The lowest BCUT2D eigenvalue weighted by Crippen LogP contribution is -2.33. The van der Waals surface area contributed by atoms with E-state index in [4.69, 9.17) is 18.9 Å². The van der Waals surface area contributed by atoms with Crippen molar-refractivity contribution in [3.05, 3.63) is 109 Å². The van der Waals surface area contributed by atoms with E-state index in [2.05, 4.69) is 35.6 Å². The number of phenolic OH excluding ortho intramolecular Hbond substituents is 1. The number of carboxylic acid groups (broad SMARTS) is 1. The van der Waals surface area contributed by atoms with Gasteiger partial charge in [-0.2, -0.15) is 8.62 Å². The molecule has 67 heavy (non-hydrogen) atoms. The molecule has 1 aromatic heterocycles. The van der Waals surface area contributed by atoms with E-state index in [9.17, 15) is 67.6 Å². The summed E-state index contributed by atoms with van der Waals surface area (Å²) in [6.45, 7) is -0.999. The predicted octanol–water partition coefficient (Wildman–Crippen LogP) is 2.27. The highest BCUT2D eigenvalue weighted by Gasteiger charge is 2.43. The molecule has 356 valence electrons. The number of carbonyl (C=O) groups excluding carboxylic acids is 2. The molecule has 3 aliphatic rings. The summed E-state index contributed by atoms with van der Waals surface area (Å²) in [5.41, 5.74) is -1.28. The van der Waals surface area contributed by atoms with Gasteiger partial charge in [0.2, 0.25) is 5.91 Å². The lowest BCUT2D eigenvalue weighted by molar-refractivity contribution is -0.121. The molecule has 2 amide bonds. The van der Waals surface area contributed by atoms with Crippen molar-refractivity contribution in [1.82, 2.24) is 20.2 Å². The second-order valence-corrected chi connectivity index (χ2v) is 19.0. The Labute approximate surface area is 375 Å². The van der Waals surface area contributed by atoms with Gasteiger partial charge < -0.3 is 54.7 Å². The van der Waals surface area contributed by atoms with Gasteiger partial charge in [-0.25, -0.2) is 23.3 Å². The zero-order valence-electron chi connectivity index (χ0n) is 34.3. The average molecular weight is 993 g/mol. The number of aromatic hydroxyl groups is 1. The van der Waals surface area contributed by atoms with Crippen molar-refractivity contribution in [2.45, 2.75) is 50.5 Å². The van der Waals surface area contributed by atoms with Gasteiger partial charge in [-0.05, 0) is 54.8 Å². The molecule has 0 spiro atoms. The van der Waals surface area contributed by atoms with E-state index in [1.807, 2.05) is 4.98 Å². The number of aromatic amines is 1. The molecule has 2 aliphatic heterocycles. The Bertz CT molecular complexity index is 3100. The summed E-state index contributed by atoms with van der Waals surface area (Å²) in [4.78, 5) is 113. The molecule has 1 saturated heterocycles. The fourth-order valence-electron chi connectivity index (χ4n) is 6.79. The number of hydrogen-bond donors (Lipinski definition) is 10. The van der Waals surface area contributed by atoms with Crippen molar-refractivity contribution in [1.29, 1.82) is 0 Å². The minimum absolute atomic E-state index is 0.0732. The van der Waals surface area contributed by atoms with Gasteiger partial charge in [-0.15, -0.1) is 0 Å². The number of aliphatic hydroxyl groups excluding tert-OH is 1. The predicted molar refractivity (Wildman–Crippen MR) is 230 cm³/mol. The number of carbonyl (C=O) groups is 3. The van der Waals surface area contributed by atoms with E-state index < -0.39 is 71.6 Å². The SMILES string of the molecule is O=C(CCCCCNC(=O)c1ccc(-c2c3ccc(=O)cc-3oc3cc(O)ccc23)c(C(=O)O)c1)NCC#Cc1cn([C@H]2C[C@H](O)[C@@H](COP(=O)(O)OP(=O)(O)OP(=O)(O)O)O2)c(=O)[nH]c1=O. The number of phenols is 1. The van der Waals surface area contributed by atoms with E-state index in [1.165, 1.54) is 48.5 Å². The van der Waals surface area contributed by atoms with E-state index in [-0.39, 0.29) is 76.6 Å². The van der Waals surface area contributed by atoms with Gasteiger partial charge in [0.05, 0.1) is 24.8 Å². The number of H-pyrrole nitrogens is 1. The Morgan fingerprint density at radius 1 is 0.896 bits per heavy atom. The van der Waals surface area contributed by atoms with Crippen molar-refractivity contribution in [3.8, 4) is 40.0 Å². The molecule has 2 unspecified atom stereocenters. The van der Waals surface area contributed by atoms with E-state index in [0.29, 0.717) is 35.8 Å². The van der Waals surface area contributed by atoms with Gasteiger partial charge in [0.25, 0.3) is 11.5 Å². The number of aromatic carboxylic acids is 1. The largest absolute Gasteiger partial charge is 0.508 e. The second-order valence-electron chi connectivity index (χ2n) is 14.6. The van der Waals surface area contributed by atoms with Crippen LogP contribution in [0.25, 0.3) is 33.4 Å². The third-order valence-corrected chi connectivity index (χ3v) is 13.5. The highest BCUT2D eigenvalue weighted by Crippen LogP contribution is 2.66. The van der Waals surface area contributed by atoms with Crippen molar-refractivity contribution in [2.75, 3.05) is 19.7 Å². The molecular weight excluding hydrogens is 953 g/mol. The van der Waals surface area contributed by atoms with E-state index in [1.54, 1.807) is 6.07 Å². The molecule has 6 rings (SSSR count). The molecule has 0 bridgehead atoms. The summed E-state index contributed by atoms with van der Waals surface area (Å²) in [6.07, 6.45) is -2.08. The van der Waals surface area contributed by atoms with Crippen molar-refractivity contribution < 1.29 is 85.3 Å². The molecule has 25 nitrogen and oxygen atoms in total. The first-order chi connectivity index (χ1) is 31.5. The number of aliphatic hydroxyl groups is 1. The summed E-state index contributed by atoms with van der Waals surface area (Å²) >= 11 is 0. The Hall–Kier alpha value is -6.09. The maximum atomic E-state index is 13.1. The number of nitrogens with zero attached hydrogens (tertiary/aromatic N) is 1. The minimum Gasteiger partial charge on any atom is -0.508 e. The summed E-state index contributed by atoms with van der Waals surface area (Å²) in [6, 6.07) is 12.6. The van der Waals surface area contributed by atoms with Crippen LogP contribution in [0.5, 0.6) is 5.75 Å². The molecular formula is C39H39N4O21P3. The molecule has 1 fully saturated rings. The number of phosphoric acid groups is 3. The quantitative estimate of drug-likeness (QED) is 0.0260. The van der Waals surface area contributed by atoms with E-state index >= 15 is 0 Å². The molecule has 0 saturated carbocycles. The van der Waals surface area contributed by atoms with Crippen molar-refractivity contribution in [2.24, 2.45) is 0 Å².